The molecule has 2 aromatic heterocycles. The molecule has 0 spiro atoms. The zero-order valence-electron chi connectivity index (χ0n) is 10.1. The standard InChI is InChI=1S/C14H16ClNS/c1-3-11-6-9-17-14(11)13(15)10(2)12-4-7-16-8-5-12/h4-10,13H,3H2,1-2H3. The van der Waals surface area contributed by atoms with Crippen molar-refractivity contribution in [3.63, 3.8) is 0 Å². The van der Waals surface area contributed by atoms with Crippen LogP contribution in [-0.2, 0) is 6.42 Å². The highest BCUT2D eigenvalue weighted by Crippen LogP contribution is 2.40. The van der Waals surface area contributed by atoms with Gasteiger partial charge in [-0.2, -0.15) is 0 Å². The molecule has 0 radical (unpaired) electrons. The van der Waals surface area contributed by atoms with E-state index in [0.29, 0.717) is 5.92 Å². The van der Waals surface area contributed by atoms with Gasteiger partial charge < -0.3 is 0 Å². The van der Waals surface area contributed by atoms with Crippen molar-refractivity contribution in [2.45, 2.75) is 31.6 Å². The Hall–Kier alpha value is -0.860. The summed E-state index contributed by atoms with van der Waals surface area (Å²) in [4.78, 5) is 5.35. The molecule has 0 amide bonds. The Bertz CT molecular complexity index is 466. The molecular weight excluding hydrogens is 250 g/mol. The van der Waals surface area contributed by atoms with Crippen LogP contribution in [0.1, 0.15) is 41.1 Å². The van der Waals surface area contributed by atoms with E-state index in [-0.39, 0.29) is 5.38 Å². The van der Waals surface area contributed by atoms with Gasteiger partial charge in [0.05, 0.1) is 5.38 Å². The van der Waals surface area contributed by atoms with Crippen LogP contribution in [0.25, 0.3) is 0 Å². The zero-order chi connectivity index (χ0) is 12.3. The van der Waals surface area contributed by atoms with E-state index in [0.717, 1.165) is 6.42 Å². The number of hydrogen-bond donors (Lipinski definition) is 0. The fourth-order valence-electron chi connectivity index (χ4n) is 1.94. The molecule has 0 aliphatic rings. The van der Waals surface area contributed by atoms with Crippen molar-refractivity contribution in [1.29, 1.82) is 0 Å². The van der Waals surface area contributed by atoms with Crippen molar-refractivity contribution in [3.05, 3.63) is 52.0 Å². The Balaban J connectivity index is 2.23. The van der Waals surface area contributed by atoms with E-state index in [1.165, 1.54) is 16.0 Å². The van der Waals surface area contributed by atoms with E-state index in [1.54, 1.807) is 11.3 Å². The first-order valence-electron chi connectivity index (χ1n) is 5.84. The minimum Gasteiger partial charge on any atom is -0.265 e. The van der Waals surface area contributed by atoms with Crippen molar-refractivity contribution >= 4 is 22.9 Å². The van der Waals surface area contributed by atoms with Gasteiger partial charge in [0, 0.05) is 23.2 Å². The predicted octanol–water partition coefficient (Wildman–Crippen LogP) is 4.79. The number of hydrogen-bond acceptors (Lipinski definition) is 2. The van der Waals surface area contributed by atoms with E-state index >= 15 is 0 Å². The maximum Gasteiger partial charge on any atom is 0.0747 e. The van der Waals surface area contributed by atoms with E-state index in [2.05, 4.69) is 30.3 Å². The van der Waals surface area contributed by atoms with Gasteiger partial charge in [-0.15, -0.1) is 22.9 Å². The second-order valence-electron chi connectivity index (χ2n) is 4.13. The summed E-state index contributed by atoms with van der Waals surface area (Å²) in [6, 6.07) is 6.26. The van der Waals surface area contributed by atoms with Gasteiger partial charge >= 0.3 is 0 Å². The van der Waals surface area contributed by atoms with Gasteiger partial charge in [0.15, 0.2) is 0 Å². The van der Waals surface area contributed by atoms with Crippen molar-refractivity contribution < 1.29 is 0 Å². The summed E-state index contributed by atoms with van der Waals surface area (Å²) in [5.74, 6) is 0.309. The summed E-state index contributed by atoms with van der Waals surface area (Å²) in [7, 11) is 0. The summed E-state index contributed by atoms with van der Waals surface area (Å²) in [5, 5.41) is 2.18. The molecule has 0 aromatic carbocycles. The van der Waals surface area contributed by atoms with Gasteiger partial charge in [-0.3, -0.25) is 4.98 Å². The molecule has 2 aromatic rings. The van der Waals surface area contributed by atoms with Crippen LogP contribution in [0.5, 0.6) is 0 Å². The van der Waals surface area contributed by atoms with Crippen LogP contribution >= 0.6 is 22.9 Å². The topological polar surface area (TPSA) is 12.9 Å². The normalized spacial score (nSPS) is 14.5. The molecule has 0 bridgehead atoms. The second-order valence-corrected chi connectivity index (χ2v) is 5.55. The number of rotatable bonds is 4. The molecule has 2 atom stereocenters. The van der Waals surface area contributed by atoms with Crippen LogP contribution in [0.2, 0.25) is 0 Å². The smallest absolute Gasteiger partial charge is 0.0747 e. The van der Waals surface area contributed by atoms with E-state index in [9.17, 15) is 0 Å². The Morgan fingerprint density at radius 1 is 1.29 bits per heavy atom. The van der Waals surface area contributed by atoms with Crippen LogP contribution in [0.15, 0.2) is 36.0 Å². The molecule has 2 rings (SSSR count). The lowest BCUT2D eigenvalue weighted by atomic mass is 9.96. The average Bonchev–Trinajstić information content (AvgIpc) is 2.86. The number of halogens is 1. The summed E-state index contributed by atoms with van der Waals surface area (Å²) in [6.45, 7) is 4.35. The summed E-state index contributed by atoms with van der Waals surface area (Å²) < 4.78 is 0. The Labute approximate surface area is 111 Å². The number of aromatic nitrogens is 1. The zero-order valence-corrected chi connectivity index (χ0v) is 11.6. The molecule has 90 valence electrons. The summed E-state index contributed by atoms with van der Waals surface area (Å²) in [5.41, 5.74) is 2.62. The number of pyridine rings is 1. The van der Waals surface area contributed by atoms with Gasteiger partial charge in [0.1, 0.15) is 0 Å². The average molecular weight is 266 g/mol. The lowest BCUT2D eigenvalue weighted by Crippen LogP contribution is -2.03. The van der Waals surface area contributed by atoms with E-state index in [4.69, 9.17) is 11.6 Å². The molecule has 3 heteroatoms. The van der Waals surface area contributed by atoms with Crippen LogP contribution < -0.4 is 0 Å². The SMILES string of the molecule is CCc1ccsc1C(Cl)C(C)c1ccncc1. The third-order valence-corrected chi connectivity index (χ3v) is 4.85. The van der Waals surface area contributed by atoms with Crippen molar-refractivity contribution in [3.8, 4) is 0 Å². The highest BCUT2D eigenvalue weighted by Gasteiger charge is 2.21. The Morgan fingerprint density at radius 3 is 2.65 bits per heavy atom. The first-order valence-corrected chi connectivity index (χ1v) is 7.16. The van der Waals surface area contributed by atoms with E-state index in [1.807, 2.05) is 24.5 Å². The van der Waals surface area contributed by atoms with Crippen LogP contribution in [0.4, 0.5) is 0 Å². The quantitative estimate of drug-likeness (QED) is 0.725. The van der Waals surface area contributed by atoms with Gasteiger partial charge in [-0.25, -0.2) is 0 Å². The third kappa shape index (κ3) is 2.70. The molecular formula is C14H16ClNS. The minimum absolute atomic E-state index is 0.0485. The maximum absolute atomic E-state index is 6.61. The fraction of sp³-hybridized carbons (Fsp3) is 0.357. The molecule has 1 nitrogen and oxygen atoms in total. The molecule has 0 aliphatic carbocycles. The highest BCUT2D eigenvalue weighted by molar-refractivity contribution is 7.10. The van der Waals surface area contributed by atoms with Crippen LogP contribution in [0.3, 0.4) is 0 Å². The molecule has 0 N–H and O–H groups in total. The number of nitrogens with zero attached hydrogens (tertiary/aromatic N) is 1. The van der Waals surface area contributed by atoms with Crippen molar-refractivity contribution in [2.24, 2.45) is 0 Å². The third-order valence-electron chi connectivity index (χ3n) is 3.08. The van der Waals surface area contributed by atoms with Crippen LogP contribution in [0, 0.1) is 0 Å². The Kier molecular flexibility index (Phi) is 4.19. The van der Waals surface area contributed by atoms with Gasteiger partial charge in [0.25, 0.3) is 0 Å². The second kappa shape index (κ2) is 5.65. The number of alkyl halides is 1. The first-order chi connectivity index (χ1) is 8.24. The Morgan fingerprint density at radius 2 is 2.00 bits per heavy atom. The maximum atomic E-state index is 6.61. The number of thiophene rings is 1. The largest absolute Gasteiger partial charge is 0.265 e. The molecule has 2 unspecified atom stereocenters. The molecule has 0 fully saturated rings. The van der Waals surface area contributed by atoms with E-state index < -0.39 is 0 Å². The lowest BCUT2D eigenvalue weighted by Gasteiger charge is -2.18. The summed E-state index contributed by atoms with van der Waals surface area (Å²) >= 11 is 8.36. The molecule has 0 aliphatic heterocycles. The van der Waals surface area contributed by atoms with Crippen molar-refractivity contribution in [1.82, 2.24) is 4.98 Å². The predicted molar refractivity (Wildman–Crippen MR) is 74.9 cm³/mol. The molecule has 17 heavy (non-hydrogen) atoms. The van der Waals surface area contributed by atoms with Gasteiger partial charge in [0.2, 0.25) is 0 Å². The lowest BCUT2D eigenvalue weighted by molar-refractivity contribution is 0.734. The van der Waals surface area contributed by atoms with Crippen molar-refractivity contribution in [2.75, 3.05) is 0 Å². The molecule has 0 saturated heterocycles. The van der Waals surface area contributed by atoms with Gasteiger partial charge in [-0.05, 0) is 41.1 Å². The number of aryl methyl sites for hydroxylation is 1. The monoisotopic (exact) mass is 265 g/mol. The summed E-state index contributed by atoms with van der Waals surface area (Å²) in [6.07, 6.45) is 4.69. The first kappa shape index (κ1) is 12.6. The molecule has 0 saturated carbocycles. The fourth-order valence-corrected chi connectivity index (χ4v) is 3.46. The minimum atomic E-state index is 0.0485. The van der Waals surface area contributed by atoms with Crippen LogP contribution in [-0.4, -0.2) is 4.98 Å². The van der Waals surface area contributed by atoms with Gasteiger partial charge in [-0.1, -0.05) is 13.8 Å². The molecule has 2 heterocycles. The highest BCUT2D eigenvalue weighted by atomic mass is 35.5.